The first-order valence-corrected chi connectivity index (χ1v) is 5.27. The zero-order valence-electron chi connectivity index (χ0n) is 8.96. The Kier molecular flexibility index (Phi) is 4.85. The van der Waals surface area contributed by atoms with Gasteiger partial charge in [-0.25, -0.2) is 4.39 Å². The number of rotatable bonds is 5. The van der Waals surface area contributed by atoms with Crippen molar-refractivity contribution in [2.24, 2.45) is 0 Å². The van der Waals surface area contributed by atoms with Crippen LogP contribution in [0.3, 0.4) is 0 Å². The second kappa shape index (κ2) is 5.93. The van der Waals surface area contributed by atoms with Gasteiger partial charge in [-0.3, -0.25) is 0 Å². The third-order valence-electron chi connectivity index (χ3n) is 2.15. The molecule has 84 valence electrons. The Bertz CT molecular complexity index is 319. The maximum Gasteiger partial charge on any atom is 0.123 e. The molecular formula is C11H15ClFNO. The molecule has 0 saturated carbocycles. The van der Waals surface area contributed by atoms with E-state index in [1.54, 1.807) is 13.2 Å². The van der Waals surface area contributed by atoms with Crippen molar-refractivity contribution in [1.82, 2.24) is 4.90 Å². The number of benzene rings is 1. The fourth-order valence-electron chi connectivity index (χ4n) is 1.38. The quantitative estimate of drug-likeness (QED) is 0.722. The zero-order valence-corrected chi connectivity index (χ0v) is 9.72. The van der Waals surface area contributed by atoms with Crippen LogP contribution in [0, 0.1) is 5.82 Å². The summed E-state index contributed by atoms with van der Waals surface area (Å²) in [5.74, 6) is 1.02. The van der Waals surface area contributed by atoms with E-state index in [2.05, 4.69) is 0 Å². The minimum absolute atomic E-state index is 0.245. The van der Waals surface area contributed by atoms with Gasteiger partial charge in [-0.05, 0) is 25.2 Å². The maximum absolute atomic E-state index is 13.0. The molecule has 0 N–H and O–H groups in total. The molecule has 0 heterocycles. The molecule has 0 unspecified atom stereocenters. The molecule has 2 nitrogen and oxygen atoms in total. The Balaban J connectivity index is 2.77. The number of halogens is 2. The molecule has 0 radical (unpaired) electrons. The van der Waals surface area contributed by atoms with Crippen molar-refractivity contribution in [3.63, 3.8) is 0 Å². The fourth-order valence-corrected chi connectivity index (χ4v) is 1.67. The smallest absolute Gasteiger partial charge is 0.123 e. The first-order chi connectivity index (χ1) is 7.17. The number of hydrogen-bond acceptors (Lipinski definition) is 2. The van der Waals surface area contributed by atoms with E-state index >= 15 is 0 Å². The molecule has 0 saturated heterocycles. The van der Waals surface area contributed by atoms with Gasteiger partial charge in [-0.15, -0.1) is 11.6 Å². The molecule has 1 aromatic rings. The lowest BCUT2D eigenvalue weighted by atomic mass is 10.2. The van der Waals surface area contributed by atoms with Crippen molar-refractivity contribution in [1.29, 1.82) is 0 Å². The van der Waals surface area contributed by atoms with E-state index in [1.807, 2.05) is 11.9 Å². The third kappa shape index (κ3) is 3.68. The van der Waals surface area contributed by atoms with Crippen molar-refractivity contribution in [3.05, 3.63) is 29.6 Å². The van der Waals surface area contributed by atoms with Gasteiger partial charge in [-0.1, -0.05) is 0 Å². The van der Waals surface area contributed by atoms with Crippen LogP contribution in [0.15, 0.2) is 18.2 Å². The number of nitrogens with zero attached hydrogens (tertiary/aromatic N) is 1. The highest BCUT2D eigenvalue weighted by Gasteiger charge is 2.07. The van der Waals surface area contributed by atoms with Crippen LogP contribution >= 0.6 is 11.6 Å². The molecule has 1 aromatic carbocycles. The van der Waals surface area contributed by atoms with Crippen LogP contribution in [0.5, 0.6) is 5.75 Å². The van der Waals surface area contributed by atoms with Crippen molar-refractivity contribution < 1.29 is 9.13 Å². The molecule has 15 heavy (non-hydrogen) atoms. The Morgan fingerprint density at radius 3 is 2.80 bits per heavy atom. The number of hydrogen-bond donors (Lipinski definition) is 0. The average molecular weight is 232 g/mol. The first kappa shape index (κ1) is 12.3. The van der Waals surface area contributed by atoms with Crippen molar-refractivity contribution >= 4 is 11.6 Å². The number of alkyl halides is 1. The summed E-state index contributed by atoms with van der Waals surface area (Å²) in [5.41, 5.74) is 0.838. The monoisotopic (exact) mass is 231 g/mol. The lowest BCUT2D eigenvalue weighted by Crippen LogP contribution is -2.20. The summed E-state index contributed by atoms with van der Waals surface area (Å²) in [6.45, 7) is 1.40. The first-order valence-electron chi connectivity index (χ1n) is 4.74. The van der Waals surface area contributed by atoms with Gasteiger partial charge in [0.1, 0.15) is 11.6 Å². The van der Waals surface area contributed by atoms with Gasteiger partial charge in [0.05, 0.1) is 7.11 Å². The van der Waals surface area contributed by atoms with Crippen LogP contribution in [0.25, 0.3) is 0 Å². The standard InChI is InChI=1S/C11H15ClFNO/c1-14(6-5-12)8-9-7-10(13)3-4-11(9)15-2/h3-4,7H,5-6,8H2,1-2H3. The molecule has 0 fully saturated rings. The highest BCUT2D eigenvalue weighted by atomic mass is 35.5. The van der Waals surface area contributed by atoms with E-state index in [9.17, 15) is 4.39 Å². The second-order valence-corrected chi connectivity index (χ2v) is 3.76. The van der Waals surface area contributed by atoms with E-state index in [4.69, 9.17) is 16.3 Å². The Labute approximate surface area is 94.6 Å². The molecular weight excluding hydrogens is 217 g/mol. The van der Waals surface area contributed by atoms with Gasteiger partial charge in [0, 0.05) is 24.5 Å². The lowest BCUT2D eigenvalue weighted by molar-refractivity contribution is 0.333. The molecule has 4 heteroatoms. The molecule has 0 spiro atoms. The van der Waals surface area contributed by atoms with Crippen molar-refractivity contribution in [3.8, 4) is 5.75 Å². The Morgan fingerprint density at radius 1 is 1.47 bits per heavy atom. The highest BCUT2D eigenvalue weighted by molar-refractivity contribution is 6.18. The van der Waals surface area contributed by atoms with E-state index < -0.39 is 0 Å². The summed E-state index contributed by atoms with van der Waals surface area (Å²) >= 11 is 5.62. The summed E-state index contributed by atoms with van der Waals surface area (Å²) in [6, 6.07) is 4.52. The Morgan fingerprint density at radius 2 is 2.20 bits per heavy atom. The number of methoxy groups -OCH3 is 1. The van der Waals surface area contributed by atoms with Crippen LogP contribution < -0.4 is 4.74 Å². The van der Waals surface area contributed by atoms with E-state index in [1.165, 1.54) is 12.1 Å². The topological polar surface area (TPSA) is 12.5 Å². The van der Waals surface area contributed by atoms with Crippen LogP contribution in [0.4, 0.5) is 4.39 Å². The summed E-state index contributed by atoms with van der Waals surface area (Å²) in [5, 5.41) is 0. The zero-order chi connectivity index (χ0) is 11.3. The van der Waals surface area contributed by atoms with Gasteiger partial charge in [0.2, 0.25) is 0 Å². The predicted molar refractivity (Wildman–Crippen MR) is 60.0 cm³/mol. The SMILES string of the molecule is COc1ccc(F)cc1CN(C)CCCl. The largest absolute Gasteiger partial charge is 0.496 e. The molecule has 0 aliphatic heterocycles. The fraction of sp³-hybridized carbons (Fsp3) is 0.455. The van der Waals surface area contributed by atoms with Crippen LogP contribution in [0.2, 0.25) is 0 Å². The van der Waals surface area contributed by atoms with E-state index in [0.29, 0.717) is 18.2 Å². The van der Waals surface area contributed by atoms with Gasteiger partial charge in [0.25, 0.3) is 0 Å². The molecule has 0 aliphatic carbocycles. The van der Waals surface area contributed by atoms with Gasteiger partial charge < -0.3 is 9.64 Å². The van der Waals surface area contributed by atoms with Crippen LogP contribution in [-0.4, -0.2) is 31.5 Å². The summed E-state index contributed by atoms with van der Waals surface area (Å²) in [6.07, 6.45) is 0. The minimum atomic E-state index is -0.245. The third-order valence-corrected chi connectivity index (χ3v) is 2.32. The van der Waals surface area contributed by atoms with E-state index in [-0.39, 0.29) is 5.82 Å². The predicted octanol–water partition coefficient (Wildman–Crippen LogP) is 2.50. The van der Waals surface area contributed by atoms with Crippen molar-refractivity contribution in [2.75, 3.05) is 26.6 Å². The van der Waals surface area contributed by atoms with Gasteiger partial charge in [-0.2, -0.15) is 0 Å². The molecule has 0 amide bonds. The molecule has 0 bridgehead atoms. The highest BCUT2D eigenvalue weighted by Crippen LogP contribution is 2.20. The minimum Gasteiger partial charge on any atom is -0.496 e. The molecule has 0 aromatic heterocycles. The summed E-state index contributed by atoms with van der Waals surface area (Å²) < 4.78 is 18.2. The Hall–Kier alpha value is -0.800. The van der Waals surface area contributed by atoms with Crippen LogP contribution in [0.1, 0.15) is 5.56 Å². The summed E-state index contributed by atoms with van der Waals surface area (Å²) in [4.78, 5) is 2.02. The lowest BCUT2D eigenvalue weighted by Gasteiger charge is -2.17. The molecule has 0 aliphatic rings. The normalized spacial score (nSPS) is 10.7. The van der Waals surface area contributed by atoms with Gasteiger partial charge in [0.15, 0.2) is 0 Å². The van der Waals surface area contributed by atoms with Gasteiger partial charge >= 0.3 is 0 Å². The summed E-state index contributed by atoms with van der Waals surface area (Å²) in [7, 11) is 3.52. The van der Waals surface area contributed by atoms with Crippen LogP contribution in [-0.2, 0) is 6.54 Å². The van der Waals surface area contributed by atoms with E-state index in [0.717, 1.165) is 12.1 Å². The van der Waals surface area contributed by atoms with Crippen molar-refractivity contribution in [2.45, 2.75) is 6.54 Å². The average Bonchev–Trinajstić information content (AvgIpc) is 2.18. The second-order valence-electron chi connectivity index (χ2n) is 3.38. The molecule has 1 rings (SSSR count). The molecule has 0 atom stereocenters. The maximum atomic E-state index is 13.0. The number of ether oxygens (including phenoxy) is 1.